The van der Waals surface area contributed by atoms with Crippen molar-refractivity contribution in [3.63, 3.8) is 0 Å². The molecule has 0 bridgehead atoms. The topological polar surface area (TPSA) is 46.8 Å². The number of benzene rings is 1. The Morgan fingerprint density at radius 1 is 1.04 bits per heavy atom. The molecule has 0 amide bonds. The van der Waals surface area contributed by atoms with Gasteiger partial charge in [-0.15, -0.1) is 0 Å². The third-order valence-electron chi connectivity index (χ3n) is 4.66. The molecule has 0 N–H and O–H groups in total. The molecule has 3 aliphatic heterocycles. The van der Waals surface area contributed by atoms with Crippen LogP contribution >= 0.6 is 0 Å². The van der Waals surface area contributed by atoms with Crippen LogP contribution in [0.25, 0.3) is 0 Å². The van der Waals surface area contributed by atoms with Gasteiger partial charge in [-0.25, -0.2) is 18.8 Å². The molecule has 1 fully saturated rings. The summed E-state index contributed by atoms with van der Waals surface area (Å²) in [4.78, 5) is 13.8. The number of hydrazone groups is 1. The van der Waals surface area contributed by atoms with Crippen molar-refractivity contribution in [2.75, 3.05) is 38.2 Å². The Balaban J connectivity index is 1.84. The summed E-state index contributed by atoms with van der Waals surface area (Å²) >= 11 is 0. The molecule has 4 rings (SSSR count). The SMILES string of the molecule is CC1CC=NN2C(=N1)C(N1CCN(C)CC1)=Nc1cc(F)c(F)cc12. The van der Waals surface area contributed by atoms with Crippen molar-refractivity contribution in [2.45, 2.75) is 19.4 Å². The Labute approximate surface area is 145 Å². The number of hydrogen-bond donors (Lipinski definition) is 0. The van der Waals surface area contributed by atoms with Gasteiger partial charge in [0.05, 0.1) is 17.4 Å². The van der Waals surface area contributed by atoms with Crippen LogP contribution in [0, 0.1) is 11.6 Å². The Hall–Kier alpha value is -2.35. The molecule has 0 saturated carbocycles. The van der Waals surface area contributed by atoms with Gasteiger partial charge in [0.25, 0.3) is 0 Å². The quantitative estimate of drug-likeness (QED) is 0.724. The van der Waals surface area contributed by atoms with E-state index in [1.807, 2.05) is 6.92 Å². The van der Waals surface area contributed by atoms with Crippen LogP contribution in [-0.2, 0) is 0 Å². The van der Waals surface area contributed by atoms with Gasteiger partial charge in [-0.05, 0) is 14.0 Å². The monoisotopic (exact) mass is 346 g/mol. The minimum atomic E-state index is -0.913. The van der Waals surface area contributed by atoms with Crippen molar-refractivity contribution >= 4 is 29.3 Å². The van der Waals surface area contributed by atoms with Crippen LogP contribution in [0.5, 0.6) is 0 Å². The van der Waals surface area contributed by atoms with E-state index >= 15 is 0 Å². The lowest BCUT2D eigenvalue weighted by atomic mass is 10.2. The Morgan fingerprint density at radius 2 is 1.76 bits per heavy atom. The molecule has 1 atom stereocenters. The molecule has 1 aromatic rings. The number of aliphatic imine (C=N–C) groups is 2. The number of anilines is 1. The van der Waals surface area contributed by atoms with E-state index in [9.17, 15) is 8.78 Å². The van der Waals surface area contributed by atoms with Crippen LogP contribution < -0.4 is 5.01 Å². The third-order valence-corrected chi connectivity index (χ3v) is 4.66. The van der Waals surface area contributed by atoms with E-state index in [4.69, 9.17) is 4.99 Å². The van der Waals surface area contributed by atoms with E-state index in [0.717, 1.165) is 38.3 Å². The first-order chi connectivity index (χ1) is 12.0. The second-order valence-corrected chi connectivity index (χ2v) is 6.63. The van der Waals surface area contributed by atoms with Crippen molar-refractivity contribution in [3.8, 4) is 0 Å². The molecule has 0 aromatic heterocycles. The van der Waals surface area contributed by atoms with Crippen LogP contribution in [0.15, 0.2) is 27.2 Å². The normalized spacial score (nSPS) is 23.6. The first kappa shape index (κ1) is 16.1. The van der Waals surface area contributed by atoms with E-state index in [0.29, 0.717) is 29.5 Å². The smallest absolute Gasteiger partial charge is 0.193 e. The van der Waals surface area contributed by atoms with Crippen LogP contribution in [-0.4, -0.2) is 67.0 Å². The van der Waals surface area contributed by atoms with Gasteiger partial charge in [0.2, 0.25) is 0 Å². The molecule has 0 radical (unpaired) electrons. The second-order valence-electron chi connectivity index (χ2n) is 6.63. The highest BCUT2D eigenvalue weighted by molar-refractivity contribution is 6.47. The largest absolute Gasteiger partial charge is 0.351 e. The van der Waals surface area contributed by atoms with Crippen molar-refractivity contribution in [3.05, 3.63) is 23.8 Å². The van der Waals surface area contributed by atoms with Crippen LogP contribution in [0.3, 0.4) is 0 Å². The van der Waals surface area contributed by atoms with Crippen molar-refractivity contribution < 1.29 is 8.78 Å². The summed E-state index contributed by atoms with van der Waals surface area (Å²) in [6, 6.07) is 2.31. The summed E-state index contributed by atoms with van der Waals surface area (Å²) in [6.07, 6.45) is 2.45. The van der Waals surface area contributed by atoms with E-state index in [1.54, 1.807) is 11.2 Å². The molecule has 3 heterocycles. The number of likely N-dealkylation sites (N-methyl/N-ethyl adjacent to an activating group) is 1. The highest BCUT2D eigenvalue weighted by atomic mass is 19.2. The lowest BCUT2D eigenvalue weighted by Gasteiger charge is -2.38. The number of amidine groups is 2. The van der Waals surface area contributed by atoms with E-state index in [-0.39, 0.29) is 6.04 Å². The van der Waals surface area contributed by atoms with Gasteiger partial charge < -0.3 is 9.80 Å². The molecule has 0 aliphatic carbocycles. The molecule has 6 nitrogen and oxygen atoms in total. The van der Waals surface area contributed by atoms with Gasteiger partial charge in [0.1, 0.15) is 0 Å². The lowest BCUT2D eigenvalue weighted by Crippen LogP contribution is -2.52. The molecule has 132 valence electrons. The summed E-state index contributed by atoms with van der Waals surface area (Å²) in [6.45, 7) is 5.44. The number of halogens is 2. The zero-order valence-corrected chi connectivity index (χ0v) is 14.3. The minimum Gasteiger partial charge on any atom is -0.351 e. The van der Waals surface area contributed by atoms with Crippen molar-refractivity contribution in [1.82, 2.24) is 9.80 Å². The number of fused-ring (bicyclic) bond motifs is 3. The average molecular weight is 346 g/mol. The van der Waals surface area contributed by atoms with E-state index in [1.165, 1.54) is 0 Å². The Morgan fingerprint density at radius 3 is 2.52 bits per heavy atom. The maximum absolute atomic E-state index is 13.8. The molecule has 1 unspecified atom stereocenters. The second kappa shape index (κ2) is 6.18. The van der Waals surface area contributed by atoms with Gasteiger partial charge in [-0.1, -0.05) is 0 Å². The Kier molecular flexibility index (Phi) is 3.99. The van der Waals surface area contributed by atoms with Gasteiger partial charge in [-0.2, -0.15) is 5.10 Å². The molecular weight excluding hydrogens is 326 g/mol. The third kappa shape index (κ3) is 2.90. The summed E-state index contributed by atoms with van der Waals surface area (Å²) in [5.74, 6) is -0.543. The van der Waals surface area contributed by atoms with Crippen molar-refractivity contribution in [2.24, 2.45) is 15.1 Å². The molecular formula is C17H20F2N6. The molecule has 0 spiro atoms. The van der Waals surface area contributed by atoms with Crippen LogP contribution in [0.2, 0.25) is 0 Å². The standard InChI is InChI=1S/C17H20F2N6/c1-11-3-4-20-25-15-10-13(19)12(18)9-14(15)22-16(17(25)21-11)24-7-5-23(2)6-8-24/h4,9-11H,3,5-8H2,1-2H3. The average Bonchev–Trinajstić information content (AvgIpc) is 2.78. The van der Waals surface area contributed by atoms with Gasteiger partial charge in [0.15, 0.2) is 23.3 Å². The summed E-state index contributed by atoms with van der Waals surface area (Å²) in [5.41, 5.74) is 0.791. The predicted octanol–water partition coefficient (Wildman–Crippen LogP) is 2.24. The molecule has 8 heteroatoms. The van der Waals surface area contributed by atoms with Gasteiger partial charge in [0, 0.05) is 50.9 Å². The van der Waals surface area contributed by atoms with E-state index in [2.05, 4.69) is 26.9 Å². The summed E-state index contributed by atoms with van der Waals surface area (Å²) < 4.78 is 27.5. The fourth-order valence-electron chi connectivity index (χ4n) is 3.16. The summed E-state index contributed by atoms with van der Waals surface area (Å²) in [5, 5.41) is 6.02. The lowest BCUT2D eigenvalue weighted by molar-refractivity contribution is 0.217. The predicted molar refractivity (Wildman–Crippen MR) is 95.0 cm³/mol. The van der Waals surface area contributed by atoms with Gasteiger partial charge >= 0.3 is 0 Å². The van der Waals surface area contributed by atoms with E-state index < -0.39 is 11.6 Å². The maximum Gasteiger partial charge on any atom is 0.193 e. The molecule has 1 saturated heterocycles. The number of piperazine rings is 1. The van der Waals surface area contributed by atoms with Gasteiger partial charge in [-0.3, -0.25) is 4.99 Å². The fourth-order valence-corrected chi connectivity index (χ4v) is 3.16. The molecule has 1 aromatic carbocycles. The Bertz CT molecular complexity index is 780. The van der Waals surface area contributed by atoms with Crippen LogP contribution in [0.4, 0.5) is 20.2 Å². The first-order valence-electron chi connectivity index (χ1n) is 8.45. The number of hydrogen-bond acceptors (Lipinski definition) is 6. The maximum atomic E-state index is 13.8. The minimum absolute atomic E-state index is 0.0493. The number of nitrogens with zero attached hydrogens (tertiary/aromatic N) is 6. The molecule has 3 aliphatic rings. The van der Waals surface area contributed by atoms with Crippen molar-refractivity contribution in [1.29, 1.82) is 0 Å². The fraction of sp³-hybridized carbons (Fsp3) is 0.471. The highest BCUT2D eigenvalue weighted by Gasteiger charge is 2.33. The van der Waals surface area contributed by atoms with Crippen LogP contribution in [0.1, 0.15) is 13.3 Å². The highest BCUT2D eigenvalue weighted by Crippen LogP contribution is 2.36. The number of rotatable bonds is 0. The molecule has 25 heavy (non-hydrogen) atoms. The zero-order valence-electron chi connectivity index (χ0n) is 14.3. The zero-order chi connectivity index (χ0) is 17.6. The first-order valence-corrected chi connectivity index (χ1v) is 8.45. The summed E-state index contributed by atoms with van der Waals surface area (Å²) in [7, 11) is 2.08.